The highest BCUT2D eigenvalue weighted by molar-refractivity contribution is 5.54. The van der Waals surface area contributed by atoms with E-state index in [0.29, 0.717) is 18.2 Å². The van der Waals surface area contributed by atoms with E-state index in [1.807, 2.05) is 31.2 Å². The van der Waals surface area contributed by atoms with Gasteiger partial charge in [0, 0.05) is 11.4 Å². The Hall–Kier alpha value is -2.64. The summed E-state index contributed by atoms with van der Waals surface area (Å²) in [6, 6.07) is 7.92. The van der Waals surface area contributed by atoms with E-state index in [4.69, 9.17) is 0 Å². The molecule has 1 aromatic carbocycles. The molecule has 0 N–H and O–H groups in total. The largest absolute Gasteiger partial charge is 0.333 e. The van der Waals surface area contributed by atoms with Crippen molar-refractivity contribution in [3.05, 3.63) is 35.7 Å². The monoisotopic (exact) mass is 241 g/mol. The highest BCUT2D eigenvalue weighted by atomic mass is 15.6. The van der Waals surface area contributed by atoms with Gasteiger partial charge >= 0.3 is 0 Å². The summed E-state index contributed by atoms with van der Waals surface area (Å²) in [7, 11) is 0. The van der Waals surface area contributed by atoms with Gasteiger partial charge in [-0.05, 0) is 18.2 Å². The molecule has 0 aliphatic rings. The van der Waals surface area contributed by atoms with Crippen molar-refractivity contribution in [1.29, 1.82) is 0 Å². The van der Waals surface area contributed by atoms with E-state index >= 15 is 0 Å². The first kappa shape index (κ1) is 10.5. The average molecular weight is 241 g/mol. The average Bonchev–Trinajstić information content (AvgIpc) is 3.01. The van der Waals surface area contributed by atoms with E-state index in [1.165, 1.54) is 4.80 Å². The molecule has 8 nitrogen and oxygen atoms in total. The van der Waals surface area contributed by atoms with Gasteiger partial charge in [0.1, 0.15) is 0 Å². The number of aromatic nitrogens is 8. The molecule has 0 aliphatic heterocycles. The molecule has 0 radical (unpaired) electrons. The van der Waals surface area contributed by atoms with Crippen LogP contribution in [0, 0.1) is 6.92 Å². The summed E-state index contributed by atoms with van der Waals surface area (Å²) in [5.74, 6) is 1.04. The lowest BCUT2D eigenvalue weighted by Gasteiger charge is -1.97. The van der Waals surface area contributed by atoms with Gasteiger partial charge in [-0.3, -0.25) is 10.3 Å². The Labute approximate surface area is 102 Å². The van der Waals surface area contributed by atoms with E-state index in [0.717, 1.165) is 11.1 Å². The van der Waals surface area contributed by atoms with Crippen molar-refractivity contribution in [3.63, 3.8) is 0 Å². The Bertz CT molecular complexity index is 641. The fourth-order valence-corrected chi connectivity index (χ4v) is 1.56. The van der Waals surface area contributed by atoms with Crippen molar-refractivity contribution < 1.29 is 0 Å². The van der Waals surface area contributed by atoms with Gasteiger partial charge in [0.2, 0.25) is 5.82 Å². The molecular formula is C10H9N8-. The quantitative estimate of drug-likeness (QED) is 0.628. The van der Waals surface area contributed by atoms with Gasteiger partial charge in [-0.15, -0.1) is 10.2 Å². The third-order valence-corrected chi connectivity index (χ3v) is 2.37. The van der Waals surface area contributed by atoms with Gasteiger partial charge in [-0.25, -0.2) is 0 Å². The fourth-order valence-electron chi connectivity index (χ4n) is 1.56. The van der Waals surface area contributed by atoms with Gasteiger partial charge in [-0.2, -0.15) is 10.0 Å². The predicted molar refractivity (Wildman–Crippen MR) is 60.2 cm³/mol. The summed E-state index contributed by atoms with van der Waals surface area (Å²) in [6.07, 6.45) is 0. The van der Waals surface area contributed by atoms with Crippen molar-refractivity contribution in [1.82, 2.24) is 40.8 Å². The third kappa shape index (κ3) is 2.08. The molecule has 0 saturated carbocycles. The minimum absolute atomic E-state index is 0.311. The first-order chi connectivity index (χ1) is 8.81. The maximum absolute atomic E-state index is 4.26. The van der Waals surface area contributed by atoms with Crippen molar-refractivity contribution in [2.75, 3.05) is 0 Å². The van der Waals surface area contributed by atoms with Crippen LogP contribution in [0.2, 0.25) is 0 Å². The molecule has 0 amide bonds. The maximum Gasteiger partial charge on any atom is 0.204 e. The van der Waals surface area contributed by atoms with E-state index in [9.17, 15) is 0 Å². The van der Waals surface area contributed by atoms with Crippen LogP contribution in [0.3, 0.4) is 0 Å². The molecule has 2 aromatic heterocycles. The van der Waals surface area contributed by atoms with E-state index in [-0.39, 0.29) is 0 Å². The maximum atomic E-state index is 4.26. The minimum atomic E-state index is 0.311. The van der Waals surface area contributed by atoms with Crippen molar-refractivity contribution in [2.45, 2.75) is 13.5 Å². The highest BCUT2D eigenvalue weighted by Gasteiger charge is 2.05. The van der Waals surface area contributed by atoms with Gasteiger partial charge < -0.3 is 5.10 Å². The van der Waals surface area contributed by atoms with Crippen molar-refractivity contribution >= 4 is 0 Å². The fraction of sp³-hybridized carbons (Fsp3) is 0.200. The lowest BCUT2D eigenvalue weighted by atomic mass is 10.1. The van der Waals surface area contributed by atoms with Gasteiger partial charge in [0.15, 0.2) is 0 Å². The summed E-state index contributed by atoms with van der Waals surface area (Å²) in [5.41, 5.74) is 2.08. The summed E-state index contributed by atoms with van der Waals surface area (Å²) >= 11 is 0. The number of aryl methyl sites for hydroxylation is 1. The summed E-state index contributed by atoms with van der Waals surface area (Å²) in [4.78, 5) is 1.41. The zero-order valence-corrected chi connectivity index (χ0v) is 9.59. The van der Waals surface area contributed by atoms with Crippen LogP contribution in [-0.2, 0) is 6.54 Å². The van der Waals surface area contributed by atoms with Gasteiger partial charge in [0.05, 0.1) is 6.54 Å². The van der Waals surface area contributed by atoms with Crippen LogP contribution in [0.4, 0.5) is 0 Å². The standard InChI is InChI=1S/C10H9N8/c1-7-3-2-4-8(5-7)10-13-17-18(14-10)6-9-11-15-16-12-9/h2-5H,6H2,1H3/q-1. The SMILES string of the molecule is Cc1cccc(-c2nnn(Cc3nnn[n-]3)n2)c1. The van der Waals surface area contributed by atoms with Crippen LogP contribution in [0.1, 0.15) is 11.4 Å². The Morgan fingerprint density at radius 2 is 2.22 bits per heavy atom. The minimum Gasteiger partial charge on any atom is -0.333 e. The van der Waals surface area contributed by atoms with E-state index in [1.54, 1.807) is 0 Å². The molecule has 0 bridgehead atoms. The lowest BCUT2D eigenvalue weighted by molar-refractivity contribution is 0.553. The first-order valence-electron chi connectivity index (χ1n) is 5.34. The Kier molecular flexibility index (Phi) is 2.52. The number of tetrazole rings is 2. The van der Waals surface area contributed by atoms with Crippen LogP contribution < -0.4 is 5.10 Å². The second kappa shape index (κ2) is 4.32. The molecule has 0 unspecified atom stereocenters. The van der Waals surface area contributed by atoms with Gasteiger partial charge in [-0.1, -0.05) is 23.8 Å². The molecule has 90 valence electrons. The topological polar surface area (TPSA) is 96.4 Å². The van der Waals surface area contributed by atoms with Crippen LogP contribution in [0.5, 0.6) is 0 Å². The van der Waals surface area contributed by atoms with Crippen LogP contribution >= 0.6 is 0 Å². The smallest absolute Gasteiger partial charge is 0.204 e. The van der Waals surface area contributed by atoms with Crippen molar-refractivity contribution in [3.8, 4) is 11.4 Å². The molecule has 0 fully saturated rings. The Morgan fingerprint density at radius 3 is 3.00 bits per heavy atom. The molecule has 0 atom stereocenters. The van der Waals surface area contributed by atoms with Gasteiger partial charge in [0.25, 0.3) is 0 Å². The molecular weight excluding hydrogens is 232 g/mol. The highest BCUT2D eigenvalue weighted by Crippen LogP contribution is 2.14. The zero-order valence-electron chi connectivity index (χ0n) is 9.59. The summed E-state index contributed by atoms with van der Waals surface area (Å²) in [6.45, 7) is 2.33. The summed E-state index contributed by atoms with van der Waals surface area (Å²) < 4.78 is 0. The van der Waals surface area contributed by atoms with Crippen LogP contribution in [0.25, 0.3) is 11.4 Å². The normalized spacial score (nSPS) is 10.7. The molecule has 8 heteroatoms. The second-order valence-electron chi connectivity index (χ2n) is 3.81. The van der Waals surface area contributed by atoms with E-state index in [2.05, 4.69) is 36.0 Å². The number of hydrogen-bond donors (Lipinski definition) is 0. The molecule has 0 spiro atoms. The van der Waals surface area contributed by atoms with Crippen molar-refractivity contribution in [2.24, 2.45) is 0 Å². The molecule has 18 heavy (non-hydrogen) atoms. The first-order valence-corrected chi connectivity index (χ1v) is 5.34. The van der Waals surface area contributed by atoms with Crippen LogP contribution in [-0.4, -0.2) is 35.7 Å². The molecule has 3 aromatic rings. The molecule has 3 rings (SSSR count). The predicted octanol–water partition coefficient (Wildman–Crippen LogP) is -0.161. The number of rotatable bonds is 3. The molecule has 2 heterocycles. The second-order valence-corrected chi connectivity index (χ2v) is 3.81. The Balaban J connectivity index is 1.85. The lowest BCUT2D eigenvalue weighted by Crippen LogP contribution is -2.06. The zero-order chi connectivity index (χ0) is 12.4. The Morgan fingerprint density at radius 1 is 1.28 bits per heavy atom. The van der Waals surface area contributed by atoms with E-state index < -0.39 is 0 Å². The van der Waals surface area contributed by atoms with Crippen LogP contribution in [0.15, 0.2) is 24.3 Å². The number of hydrogen-bond acceptors (Lipinski definition) is 6. The molecule has 0 saturated heterocycles. The summed E-state index contributed by atoms with van der Waals surface area (Å²) in [5, 5.41) is 26.4. The number of nitrogens with zero attached hydrogens (tertiary/aromatic N) is 8. The third-order valence-electron chi connectivity index (χ3n) is 2.37. The molecule has 0 aliphatic carbocycles. The number of benzene rings is 1.